The molecule has 0 bridgehead atoms. The number of nitrogens with two attached hydrogens (primary N) is 2. The van der Waals surface area contributed by atoms with E-state index in [1.807, 2.05) is 0 Å². The fourth-order valence-electron chi connectivity index (χ4n) is 6.85. The minimum Gasteiger partial charge on any atom is -0.393 e. The second kappa shape index (κ2) is 4.58. The monoisotopic (exact) mass is 304 g/mol. The average molecular weight is 304 g/mol. The summed E-state index contributed by atoms with van der Waals surface area (Å²) in [6, 6.07) is 0. The van der Waals surface area contributed by atoms with Gasteiger partial charge in [0, 0.05) is 0 Å². The van der Waals surface area contributed by atoms with Gasteiger partial charge >= 0.3 is 0 Å². The van der Waals surface area contributed by atoms with E-state index < -0.39 is 5.66 Å². The predicted molar refractivity (Wildman–Crippen MR) is 88.7 cm³/mol. The van der Waals surface area contributed by atoms with Gasteiger partial charge in [0.25, 0.3) is 0 Å². The second-order valence-corrected chi connectivity index (χ2v) is 9.30. The predicted octanol–water partition coefficient (Wildman–Crippen LogP) is 2.78. The fraction of sp³-hybridized carbons (Fsp3) is 0.895. The van der Waals surface area contributed by atoms with Gasteiger partial charge in [0.05, 0.1) is 11.8 Å². The lowest BCUT2D eigenvalue weighted by Crippen LogP contribution is -2.58. The molecular formula is C19H32N2O. The third-order valence-corrected chi connectivity index (χ3v) is 8.27. The first kappa shape index (κ1) is 15.2. The van der Waals surface area contributed by atoms with Gasteiger partial charge in [-0.15, -0.1) is 0 Å². The molecule has 0 aromatic heterocycles. The molecule has 5 N–H and O–H groups in total. The quantitative estimate of drug-likeness (QED) is 0.476. The largest absolute Gasteiger partial charge is 0.393 e. The normalized spacial score (nSPS) is 56.1. The zero-order valence-corrected chi connectivity index (χ0v) is 14.1. The first-order chi connectivity index (χ1) is 10.3. The SMILES string of the molecule is C[C@]12CCC3C(CC[C@@H]4CC(N)(N)C=C[C@]34C)C1CC[C@@H]2O. The molecule has 0 aromatic rings. The molecule has 0 amide bonds. The maximum absolute atomic E-state index is 10.5. The lowest BCUT2D eigenvalue weighted by Gasteiger charge is -2.59. The Kier molecular flexibility index (Phi) is 3.16. The maximum atomic E-state index is 10.5. The van der Waals surface area contributed by atoms with E-state index in [2.05, 4.69) is 26.0 Å². The molecule has 0 aliphatic heterocycles. The highest BCUT2D eigenvalue weighted by Crippen LogP contribution is 2.65. The minimum atomic E-state index is -0.607. The highest BCUT2D eigenvalue weighted by molar-refractivity contribution is 5.20. The number of fused-ring (bicyclic) bond motifs is 5. The zero-order chi connectivity index (χ0) is 15.8. The number of rotatable bonds is 0. The van der Waals surface area contributed by atoms with Gasteiger partial charge in [-0.05, 0) is 79.4 Å². The Bertz CT molecular complexity index is 502. The van der Waals surface area contributed by atoms with E-state index >= 15 is 0 Å². The molecule has 3 fully saturated rings. The van der Waals surface area contributed by atoms with Crippen LogP contribution in [0.5, 0.6) is 0 Å². The molecule has 124 valence electrons. The van der Waals surface area contributed by atoms with Gasteiger partial charge in [-0.2, -0.15) is 0 Å². The Morgan fingerprint density at radius 2 is 1.73 bits per heavy atom. The molecule has 3 unspecified atom stereocenters. The number of aliphatic hydroxyl groups excluding tert-OH is 1. The molecule has 0 saturated heterocycles. The van der Waals surface area contributed by atoms with Gasteiger partial charge in [0.1, 0.15) is 0 Å². The molecule has 3 nitrogen and oxygen atoms in total. The van der Waals surface area contributed by atoms with E-state index in [1.54, 1.807) is 0 Å². The minimum absolute atomic E-state index is 0.0772. The third kappa shape index (κ3) is 1.91. The summed E-state index contributed by atoms with van der Waals surface area (Å²) in [5, 5.41) is 10.5. The van der Waals surface area contributed by atoms with Crippen molar-refractivity contribution in [3.8, 4) is 0 Å². The molecule has 0 radical (unpaired) electrons. The lowest BCUT2D eigenvalue weighted by molar-refractivity contribution is -0.0973. The van der Waals surface area contributed by atoms with E-state index in [0.717, 1.165) is 30.6 Å². The molecule has 0 aromatic carbocycles. The molecule has 4 aliphatic rings. The van der Waals surface area contributed by atoms with Crippen LogP contribution in [0.15, 0.2) is 12.2 Å². The molecule has 7 atom stereocenters. The van der Waals surface area contributed by atoms with Gasteiger partial charge in [0.15, 0.2) is 0 Å². The summed E-state index contributed by atoms with van der Waals surface area (Å²) in [7, 11) is 0. The zero-order valence-electron chi connectivity index (χ0n) is 14.1. The molecule has 4 aliphatic carbocycles. The molecule has 0 heterocycles. The summed E-state index contributed by atoms with van der Waals surface area (Å²) in [6.45, 7) is 4.80. The van der Waals surface area contributed by atoms with Crippen LogP contribution < -0.4 is 11.5 Å². The standard InChI is InChI=1S/C19H32N2O/c1-17-9-10-19(20,21)11-12(17)3-4-13-14-5-6-16(22)18(14,2)8-7-15(13)17/h9-10,12-16,22H,3-8,11,20-21H2,1-2H3/t12-,13?,14?,15?,16+,17+,18+/m1/s1. The van der Waals surface area contributed by atoms with Gasteiger partial charge in [0.2, 0.25) is 0 Å². The van der Waals surface area contributed by atoms with Crippen molar-refractivity contribution in [3.05, 3.63) is 12.2 Å². The summed E-state index contributed by atoms with van der Waals surface area (Å²) in [5.74, 6) is 2.88. The van der Waals surface area contributed by atoms with Gasteiger partial charge < -0.3 is 16.6 Å². The first-order valence-electron chi connectivity index (χ1n) is 9.22. The second-order valence-electron chi connectivity index (χ2n) is 9.30. The fourth-order valence-corrected chi connectivity index (χ4v) is 6.85. The summed E-state index contributed by atoms with van der Waals surface area (Å²) in [6.07, 6.45) is 12.5. The Balaban J connectivity index is 1.67. The third-order valence-electron chi connectivity index (χ3n) is 8.27. The van der Waals surface area contributed by atoms with Crippen LogP contribution in [0, 0.1) is 34.5 Å². The maximum Gasteiger partial charge on any atom is 0.0831 e. The van der Waals surface area contributed by atoms with Crippen molar-refractivity contribution in [2.45, 2.75) is 70.6 Å². The van der Waals surface area contributed by atoms with E-state index in [-0.39, 0.29) is 16.9 Å². The van der Waals surface area contributed by atoms with E-state index in [9.17, 15) is 5.11 Å². The van der Waals surface area contributed by atoms with Gasteiger partial charge in [-0.3, -0.25) is 0 Å². The van der Waals surface area contributed by atoms with Crippen LogP contribution in [-0.2, 0) is 0 Å². The van der Waals surface area contributed by atoms with Crippen LogP contribution in [0.1, 0.15) is 58.8 Å². The summed E-state index contributed by atoms with van der Waals surface area (Å²) in [5.41, 5.74) is 12.2. The van der Waals surface area contributed by atoms with Crippen molar-refractivity contribution in [2.24, 2.45) is 46.0 Å². The van der Waals surface area contributed by atoms with Crippen molar-refractivity contribution < 1.29 is 5.11 Å². The number of hydrogen-bond donors (Lipinski definition) is 3. The Labute approximate surface area is 134 Å². The molecule has 3 saturated carbocycles. The number of hydrogen-bond acceptors (Lipinski definition) is 3. The van der Waals surface area contributed by atoms with Crippen LogP contribution in [0.4, 0.5) is 0 Å². The van der Waals surface area contributed by atoms with Gasteiger partial charge in [-0.25, -0.2) is 0 Å². The summed E-state index contributed by atoms with van der Waals surface area (Å²) in [4.78, 5) is 0. The average Bonchev–Trinajstić information content (AvgIpc) is 2.76. The molecule has 0 spiro atoms. The van der Waals surface area contributed by atoms with Gasteiger partial charge in [-0.1, -0.05) is 26.0 Å². The Morgan fingerprint density at radius 1 is 0.955 bits per heavy atom. The summed E-state index contributed by atoms with van der Waals surface area (Å²) >= 11 is 0. The van der Waals surface area contributed by atoms with Crippen LogP contribution in [-0.4, -0.2) is 16.9 Å². The first-order valence-corrected chi connectivity index (χ1v) is 9.22. The van der Waals surface area contributed by atoms with Crippen LogP contribution >= 0.6 is 0 Å². The van der Waals surface area contributed by atoms with Crippen LogP contribution in [0.3, 0.4) is 0 Å². The lowest BCUT2D eigenvalue weighted by atomic mass is 9.46. The van der Waals surface area contributed by atoms with E-state index in [4.69, 9.17) is 11.5 Å². The van der Waals surface area contributed by atoms with Crippen molar-refractivity contribution in [2.75, 3.05) is 0 Å². The molecule has 22 heavy (non-hydrogen) atoms. The molecule has 4 rings (SSSR count). The van der Waals surface area contributed by atoms with E-state index in [1.165, 1.54) is 32.1 Å². The number of aliphatic hydroxyl groups is 1. The van der Waals surface area contributed by atoms with Crippen LogP contribution in [0.2, 0.25) is 0 Å². The molecule has 3 heteroatoms. The van der Waals surface area contributed by atoms with E-state index in [0.29, 0.717) is 5.92 Å². The summed E-state index contributed by atoms with van der Waals surface area (Å²) < 4.78 is 0. The molecular weight excluding hydrogens is 272 g/mol. The Hall–Kier alpha value is -0.380. The van der Waals surface area contributed by atoms with Crippen molar-refractivity contribution in [1.29, 1.82) is 0 Å². The van der Waals surface area contributed by atoms with Crippen molar-refractivity contribution in [1.82, 2.24) is 0 Å². The Morgan fingerprint density at radius 3 is 2.50 bits per heavy atom. The van der Waals surface area contributed by atoms with Crippen molar-refractivity contribution >= 4 is 0 Å². The van der Waals surface area contributed by atoms with Crippen LogP contribution in [0.25, 0.3) is 0 Å². The van der Waals surface area contributed by atoms with Crippen molar-refractivity contribution in [3.63, 3.8) is 0 Å². The number of allylic oxidation sites excluding steroid dienone is 1. The smallest absolute Gasteiger partial charge is 0.0831 e. The topological polar surface area (TPSA) is 72.3 Å². The highest BCUT2D eigenvalue weighted by Gasteiger charge is 2.59. The highest BCUT2D eigenvalue weighted by atomic mass is 16.3.